The third kappa shape index (κ3) is 4.82. The van der Waals surface area contributed by atoms with E-state index in [1.54, 1.807) is 24.5 Å². The summed E-state index contributed by atoms with van der Waals surface area (Å²) in [5.41, 5.74) is 7.39. The number of amides is 1. The molecule has 0 saturated carbocycles. The summed E-state index contributed by atoms with van der Waals surface area (Å²) >= 11 is 1.20. The molecule has 1 aromatic heterocycles. The van der Waals surface area contributed by atoms with Gasteiger partial charge in [-0.25, -0.2) is 4.98 Å². The fourth-order valence-corrected chi connectivity index (χ4v) is 1.66. The van der Waals surface area contributed by atoms with Crippen molar-refractivity contribution in [3.05, 3.63) is 5.51 Å². The van der Waals surface area contributed by atoms with Gasteiger partial charge in [0.2, 0.25) is 11.9 Å². The first-order chi connectivity index (χ1) is 8.91. The van der Waals surface area contributed by atoms with Crippen LogP contribution in [0.5, 0.6) is 0 Å². The predicted octanol–water partition coefficient (Wildman–Crippen LogP) is 0.403. The van der Waals surface area contributed by atoms with Gasteiger partial charge in [0.05, 0.1) is 6.54 Å². The molecule has 0 aliphatic heterocycles. The van der Waals surface area contributed by atoms with Gasteiger partial charge in [0, 0.05) is 20.6 Å². The summed E-state index contributed by atoms with van der Waals surface area (Å²) in [4.78, 5) is 23.2. The highest BCUT2D eigenvalue weighted by atomic mass is 32.1. The molecule has 0 radical (unpaired) electrons. The van der Waals surface area contributed by atoms with E-state index in [0.717, 1.165) is 0 Å². The van der Waals surface area contributed by atoms with Crippen molar-refractivity contribution < 1.29 is 4.79 Å². The third-order valence-electron chi connectivity index (χ3n) is 2.41. The van der Waals surface area contributed by atoms with Crippen molar-refractivity contribution in [1.82, 2.24) is 14.3 Å². The van der Waals surface area contributed by atoms with Gasteiger partial charge in [0.15, 0.2) is 5.96 Å². The number of nitrogens with two attached hydrogens (primary N) is 1. The molecular formula is C11H20N6OS. The summed E-state index contributed by atoms with van der Waals surface area (Å²) in [6.45, 7) is 4.91. The summed E-state index contributed by atoms with van der Waals surface area (Å²) in [7, 11) is 3.37. The minimum atomic E-state index is -0.136. The summed E-state index contributed by atoms with van der Waals surface area (Å²) < 4.78 is 4.00. The lowest BCUT2D eigenvalue weighted by Crippen LogP contribution is -2.43. The number of carbonyl (C=O) groups is 1. The van der Waals surface area contributed by atoms with Crippen molar-refractivity contribution in [2.45, 2.75) is 13.8 Å². The molecule has 0 aliphatic rings. The fourth-order valence-electron chi connectivity index (χ4n) is 1.21. The number of likely N-dealkylation sites (N-methyl/N-ethyl adjacent to an activating group) is 2. The Bertz CT molecular complexity index is 430. The van der Waals surface area contributed by atoms with E-state index in [4.69, 9.17) is 5.73 Å². The van der Waals surface area contributed by atoms with E-state index in [1.165, 1.54) is 16.4 Å². The highest BCUT2D eigenvalue weighted by Crippen LogP contribution is 2.06. The summed E-state index contributed by atoms with van der Waals surface area (Å²) in [6.07, 6.45) is 0. The van der Waals surface area contributed by atoms with Crippen LogP contribution in [-0.4, -0.2) is 53.3 Å². The van der Waals surface area contributed by atoms with E-state index in [1.807, 2.05) is 0 Å². The zero-order valence-corrected chi connectivity index (χ0v) is 12.5. The van der Waals surface area contributed by atoms with Gasteiger partial charge in [-0.15, -0.1) is 0 Å². The van der Waals surface area contributed by atoms with Crippen molar-refractivity contribution >= 4 is 29.3 Å². The topological polar surface area (TPSA) is 87.7 Å². The second-order valence-corrected chi connectivity index (χ2v) is 5.24. The molecule has 19 heavy (non-hydrogen) atoms. The monoisotopic (exact) mass is 284 g/mol. The minimum Gasteiger partial charge on any atom is -0.370 e. The number of anilines is 1. The number of hydrogen-bond acceptors (Lipinski definition) is 5. The number of aromatic nitrogens is 2. The van der Waals surface area contributed by atoms with Gasteiger partial charge in [-0.3, -0.25) is 14.7 Å². The Kier molecular flexibility index (Phi) is 5.68. The van der Waals surface area contributed by atoms with E-state index in [2.05, 4.69) is 28.2 Å². The molecule has 2 N–H and O–H groups in total. The minimum absolute atomic E-state index is 0.136. The average molecular weight is 284 g/mol. The Hall–Kier alpha value is -1.70. The molecule has 8 heteroatoms. The van der Waals surface area contributed by atoms with Crippen LogP contribution in [0.15, 0.2) is 10.5 Å². The zero-order valence-electron chi connectivity index (χ0n) is 11.7. The van der Waals surface area contributed by atoms with Crippen LogP contribution < -0.4 is 10.6 Å². The zero-order chi connectivity index (χ0) is 14.4. The molecule has 0 spiro atoms. The molecule has 0 aliphatic carbocycles. The maximum Gasteiger partial charge on any atom is 0.248 e. The van der Waals surface area contributed by atoms with Gasteiger partial charge in [-0.05, 0) is 17.5 Å². The normalized spacial score (nSPS) is 11.7. The molecule has 1 aromatic rings. The van der Waals surface area contributed by atoms with Crippen molar-refractivity contribution in [2.24, 2.45) is 16.6 Å². The lowest BCUT2D eigenvalue weighted by molar-refractivity contribution is -0.118. The molecule has 7 nitrogen and oxygen atoms in total. The highest BCUT2D eigenvalue weighted by Gasteiger charge is 2.16. The molecule has 0 saturated heterocycles. The molecule has 1 amide bonds. The summed E-state index contributed by atoms with van der Waals surface area (Å²) in [5.74, 6) is 1.07. The lowest BCUT2D eigenvalue weighted by atomic mass is 10.2. The molecule has 0 aromatic carbocycles. The van der Waals surface area contributed by atoms with Crippen molar-refractivity contribution in [2.75, 3.05) is 32.1 Å². The summed E-state index contributed by atoms with van der Waals surface area (Å²) in [5, 5.41) is 0. The fraction of sp³-hybridized carbons (Fsp3) is 0.636. The molecule has 1 rings (SSSR count). The Morgan fingerprint density at radius 1 is 1.53 bits per heavy atom. The van der Waals surface area contributed by atoms with E-state index in [-0.39, 0.29) is 12.5 Å². The van der Waals surface area contributed by atoms with Crippen LogP contribution in [0.3, 0.4) is 0 Å². The van der Waals surface area contributed by atoms with Crippen molar-refractivity contribution in [3.63, 3.8) is 0 Å². The maximum absolute atomic E-state index is 12.0. The van der Waals surface area contributed by atoms with E-state index >= 15 is 0 Å². The van der Waals surface area contributed by atoms with Crippen molar-refractivity contribution in [3.8, 4) is 0 Å². The Labute approximate surface area is 117 Å². The molecule has 0 bridgehead atoms. The number of carbonyl (C=O) groups excluding carboxylic acids is 1. The van der Waals surface area contributed by atoms with Crippen LogP contribution in [0.1, 0.15) is 13.8 Å². The predicted molar refractivity (Wildman–Crippen MR) is 77.3 cm³/mol. The number of guanidine groups is 1. The van der Waals surface area contributed by atoms with Gasteiger partial charge in [0.1, 0.15) is 5.51 Å². The first-order valence-corrected chi connectivity index (χ1v) is 6.79. The second-order valence-electron chi connectivity index (χ2n) is 4.63. The smallest absolute Gasteiger partial charge is 0.248 e. The number of hydrogen-bond donors (Lipinski definition) is 1. The van der Waals surface area contributed by atoms with Crippen LogP contribution in [0.4, 0.5) is 5.95 Å². The standard InChI is InChI=1S/C11H20N6OS/c1-8(2)5-13-10(12)16(3)6-9(18)17(4)11-14-7-19-15-11/h7-8H,5-6H2,1-4H3,(H2,12,13). The van der Waals surface area contributed by atoms with E-state index < -0.39 is 0 Å². The number of nitrogens with zero attached hydrogens (tertiary/aromatic N) is 5. The number of aliphatic imine (C=N–C) groups is 1. The SMILES string of the molecule is CC(C)CN=C(N)N(C)CC(=O)N(C)c1ncsn1. The Morgan fingerprint density at radius 3 is 2.74 bits per heavy atom. The quantitative estimate of drug-likeness (QED) is 0.625. The second kappa shape index (κ2) is 7.03. The average Bonchev–Trinajstić information content (AvgIpc) is 2.88. The van der Waals surface area contributed by atoms with Crippen molar-refractivity contribution in [1.29, 1.82) is 0 Å². The van der Waals surface area contributed by atoms with Crippen LogP contribution in [0.2, 0.25) is 0 Å². The van der Waals surface area contributed by atoms with Crippen LogP contribution in [-0.2, 0) is 4.79 Å². The van der Waals surface area contributed by atoms with Crippen LogP contribution in [0, 0.1) is 5.92 Å². The van der Waals surface area contributed by atoms with Gasteiger partial charge in [0.25, 0.3) is 0 Å². The van der Waals surface area contributed by atoms with E-state index in [9.17, 15) is 4.79 Å². The van der Waals surface area contributed by atoms with Gasteiger partial charge in [-0.2, -0.15) is 4.37 Å². The van der Waals surface area contributed by atoms with Gasteiger partial charge >= 0.3 is 0 Å². The Balaban J connectivity index is 2.54. The van der Waals surface area contributed by atoms with E-state index in [0.29, 0.717) is 24.4 Å². The molecule has 1 heterocycles. The van der Waals surface area contributed by atoms with Crippen LogP contribution in [0.25, 0.3) is 0 Å². The van der Waals surface area contributed by atoms with Crippen LogP contribution >= 0.6 is 11.5 Å². The first kappa shape index (κ1) is 15.4. The largest absolute Gasteiger partial charge is 0.370 e. The molecule has 106 valence electrons. The third-order valence-corrected chi connectivity index (χ3v) is 2.87. The number of rotatable bonds is 5. The molecule has 0 atom stereocenters. The molecular weight excluding hydrogens is 264 g/mol. The lowest BCUT2D eigenvalue weighted by Gasteiger charge is -2.20. The van der Waals surface area contributed by atoms with Gasteiger partial charge in [-0.1, -0.05) is 13.8 Å². The van der Waals surface area contributed by atoms with Gasteiger partial charge < -0.3 is 10.6 Å². The summed E-state index contributed by atoms with van der Waals surface area (Å²) in [6, 6.07) is 0. The Morgan fingerprint density at radius 2 is 2.21 bits per heavy atom. The highest BCUT2D eigenvalue weighted by molar-refractivity contribution is 7.03. The maximum atomic E-state index is 12.0. The molecule has 0 unspecified atom stereocenters. The molecule has 0 fully saturated rings. The first-order valence-electron chi connectivity index (χ1n) is 5.95.